The fourth-order valence-electron chi connectivity index (χ4n) is 4.72. The number of hydrogen-bond donors (Lipinski definition) is 0. The van der Waals surface area contributed by atoms with Crippen molar-refractivity contribution in [3.8, 4) is 22.5 Å². The van der Waals surface area contributed by atoms with Crippen molar-refractivity contribution in [3.63, 3.8) is 0 Å². The zero-order valence-corrected chi connectivity index (χ0v) is 28.4. The van der Waals surface area contributed by atoms with Gasteiger partial charge < -0.3 is 14.4 Å². The molecule has 0 bridgehead atoms. The molecule has 6 heteroatoms. The van der Waals surface area contributed by atoms with E-state index in [0.717, 1.165) is 27.2 Å². The molecule has 0 aliphatic carbocycles. The minimum absolute atomic E-state index is 0. The third kappa shape index (κ3) is 7.21. The Labute approximate surface area is 277 Å². The first-order valence-electron chi connectivity index (χ1n) is 16.8. The maximum atomic E-state index is 13.6. The van der Waals surface area contributed by atoms with Gasteiger partial charge in [0.05, 0.1) is 13.7 Å². The number of nitrogens with zero attached hydrogens (tertiary/aromatic N) is 2. The number of benzene rings is 3. The third-order valence-electron chi connectivity index (χ3n) is 7.08. The maximum absolute atomic E-state index is 13.6. The van der Waals surface area contributed by atoms with E-state index in [4.69, 9.17) is 12.6 Å². The molecule has 223 valence electrons. The third-order valence-corrected chi connectivity index (χ3v) is 9.09. The molecule has 6 rings (SSSR count). The number of hydrogen-bond acceptors (Lipinski definition) is 3. The molecule has 3 heterocycles. The molecule has 0 atom stereocenters. The molecule has 3 aromatic heterocycles. The number of aryl methyl sites for hydroxylation is 2. The van der Waals surface area contributed by atoms with Gasteiger partial charge in [0, 0.05) is 46.1 Å². The molecular formula is C37H37FIrN2OSi-2. The first kappa shape index (κ1) is 24.9. The SMILES string of the molecule is CC(C)(C)c1ccnc(-c2[c-]ccc3c2oc2ccc(F)cc23)c1.[2H]C([2H])([2H])c1c[c-]c(-c2cc(C([2H])([2H])[2H])c([Si](C)(C)C)cn2)cc1.[Ir]. The molecule has 6 aromatic rings. The molecule has 0 aliphatic heterocycles. The molecule has 43 heavy (non-hydrogen) atoms. The van der Waals surface area contributed by atoms with Crippen molar-refractivity contribution < 1.29 is 37.1 Å². The molecule has 0 fully saturated rings. The van der Waals surface area contributed by atoms with E-state index < -0.39 is 21.8 Å². The van der Waals surface area contributed by atoms with E-state index in [9.17, 15) is 4.39 Å². The van der Waals surface area contributed by atoms with Crippen LogP contribution >= 0.6 is 0 Å². The van der Waals surface area contributed by atoms with Crippen LogP contribution in [0.1, 0.15) is 45.7 Å². The molecule has 0 spiro atoms. The van der Waals surface area contributed by atoms with Crippen LogP contribution < -0.4 is 5.19 Å². The van der Waals surface area contributed by atoms with Gasteiger partial charge in [-0.15, -0.1) is 53.6 Å². The Morgan fingerprint density at radius 1 is 0.884 bits per heavy atom. The van der Waals surface area contributed by atoms with Crippen LogP contribution in [0.3, 0.4) is 0 Å². The smallest absolute Gasteiger partial charge is 0.124 e. The summed E-state index contributed by atoms with van der Waals surface area (Å²) in [6, 6.07) is 24.6. The number of rotatable bonds is 3. The monoisotopic (exact) mass is 771 g/mol. The Morgan fingerprint density at radius 3 is 2.37 bits per heavy atom. The van der Waals surface area contributed by atoms with Crippen LogP contribution in [0.5, 0.6) is 0 Å². The maximum Gasteiger partial charge on any atom is 0.124 e. The van der Waals surface area contributed by atoms with Crippen LogP contribution in [0.25, 0.3) is 44.5 Å². The fourth-order valence-corrected chi connectivity index (χ4v) is 6.05. The largest absolute Gasteiger partial charge is 0.501 e. The molecule has 3 nitrogen and oxygen atoms in total. The summed E-state index contributed by atoms with van der Waals surface area (Å²) in [7, 11) is -1.85. The topological polar surface area (TPSA) is 38.9 Å². The Kier molecular flexibility index (Phi) is 7.34. The van der Waals surface area contributed by atoms with Crippen molar-refractivity contribution in [2.75, 3.05) is 0 Å². The second-order valence-electron chi connectivity index (χ2n) is 12.4. The Bertz CT molecular complexity index is 2100. The van der Waals surface area contributed by atoms with Crippen molar-refractivity contribution in [2.24, 2.45) is 0 Å². The standard InChI is InChI=1S/C21H17FNO.C16H20NSi.Ir/c1-21(2,3)13-9-10-23-18(11-13)16-6-4-5-15-17-12-14(22)7-8-19(17)24-20(15)16;1-12-6-8-14(9-7-12)15-10-13(2)16(11-17-15)18(3,4)5;/h4-5,7-12H,1-3H3;6-8,10-11H,1-5H3;/q2*-1;/i;1D3,2D3;. The average molecular weight is 771 g/mol. The van der Waals surface area contributed by atoms with Gasteiger partial charge in [-0.2, -0.15) is 0 Å². The summed E-state index contributed by atoms with van der Waals surface area (Å²) in [5.74, 6) is -0.271. The van der Waals surface area contributed by atoms with Crippen molar-refractivity contribution in [2.45, 2.75) is 59.5 Å². The number of pyridine rings is 2. The molecule has 3 aromatic carbocycles. The van der Waals surface area contributed by atoms with Crippen LogP contribution in [-0.4, -0.2) is 18.0 Å². The van der Waals surface area contributed by atoms with Crippen LogP contribution in [0, 0.1) is 31.7 Å². The molecule has 0 saturated carbocycles. The van der Waals surface area contributed by atoms with Crippen LogP contribution in [-0.2, 0) is 25.5 Å². The van der Waals surface area contributed by atoms with Gasteiger partial charge in [0.2, 0.25) is 0 Å². The quantitative estimate of drug-likeness (QED) is 0.133. The van der Waals surface area contributed by atoms with E-state index in [2.05, 4.69) is 68.6 Å². The molecule has 0 amide bonds. The van der Waals surface area contributed by atoms with E-state index >= 15 is 0 Å². The Hall–Kier alpha value is -3.44. The van der Waals surface area contributed by atoms with Gasteiger partial charge in [-0.1, -0.05) is 75.9 Å². The van der Waals surface area contributed by atoms with Crippen molar-refractivity contribution in [1.82, 2.24) is 9.97 Å². The van der Waals surface area contributed by atoms with Gasteiger partial charge in [-0.05, 0) is 58.7 Å². The Balaban J connectivity index is 0.000000216. The van der Waals surface area contributed by atoms with Gasteiger partial charge in [-0.3, -0.25) is 0 Å². The number of furan rings is 1. The zero-order chi connectivity index (χ0) is 35.2. The van der Waals surface area contributed by atoms with E-state index in [0.29, 0.717) is 28.0 Å². The summed E-state index contributed by atoms with van der Waals surface area (Å²) >= 11 is 0. The zero-order valence-electron chi connectivity index (χ0n) is 31.0. The van der Waals surface area contributed by atoms with Crippen LogP contribution in [0.15, 0.2) is 83.5 Å². The van der Waals surface area contributed by atoms with E-state index in [-0.39, 0.29) is 36.9 Å². The summed E-state index contributed by atoms with van der Waals surface area (Å²) < 4.78 is 65.2. The van der Waals surface area contributed by atoms with E-state index in [1.165, 1.54) is 29.8 Å². The fraction of sp³-hybridized carbons (Fsp3) is 0.243. The summed E-state index contributed by atoms with van der Waals surface area (Å²) in [5.41, 5.74) is 5.78. The predicted molar refractivity (Wildman–Crippen MR) is 175 cm³/mol. The van der Waals surface area contributed by atoms with Crippen molar-refractivity contribution >= 4 is 35.2 Å². The average Bonchev–Trinajstić information content (AvgIpc) is 3.37. The van der Waals surface area contributed by atoms with Gasteiger partial charge >= 0.3 is 0 Å². The van der Waals surface area contributed by atoms with Gasteiger partial charge in [-0.25, -0.2) is 4.39 Å². The minimum Gasteiger partial charge on any atom is -0.501 e. The van der Waals surface area contributed by atoms with Gasteiger partial charge in [0.1, 0.15) is 11.4 Å². The van der Waals surface area contributed by atoms with E-state index in [1.807, 2.05) is 24.4 Å². The van der Waals surface area contributed by atoms with Crippen molar-refractivity contribution in [1.29, 1.82) is 0 Å². The molecule has 1 radical (unpaired) electrons. The number of aromatic nitrogens is 2. The molecule has 0 aliphatic rings. The summed E-state index contributed by atoms with van der Waals surface area (Å²) in [6.45, 7) is 8.34. The number of fused-ring (bicyclic) bond motifs is 3. The second-order valence-corrected chi connectivity index (χ2v) is 17.4. The Morgan fingerprint density at radius 2 is 1.70 bits per heavy atom. The van der Waals surface area contributed by atoms with E-state index in [1.54, 1.807) is 24.4 Å². The van der Waals surface area contributed by atoms with Crippen LogP contribution in [0.2, 0.25) is 19.6 Å². The van der Waals surface area contributed by atoms with Crippen molar-refractivity contribution in [3.05, 3.63) is 114 Å². The summed E-state index contributed by atoms with van der Waals surface area (Å²) in [6.07, 6.45) is 3.46. The summed E-state index contributed by atoms with van der Waals surface area (Å²) in [5, 5.41) is 2.46. The summed E-state index contributed by atoms with van der Waals surface area (Å²) in [4.78, 5) is 8.89. The normalized spacial score (nSPS) is 14.3. The second kappa shape index (κ2) is 12.7. The molecule has 0 unspecified atom stereocenters. The molecule has 0 N–H and O–H groups in total. The van der Waals surface area contributed by atoms with Gasteiger partial charge in [0.25, 0.3) is 0 Å². The molecular weight excluding hydrogens is 728 g/mol. The predicted octanol–water partition coefficient (Wildman–Crippen LogP) is 9.59. The number of halogens is 1. The van der Waals surface area contributed by atoms with Crippen LogP contribution in [0.4, 0.5) is 4.39 Å². The minimum atomic E-state index is -2.22. The first-order chi connectivity index (χ1) is 22.2. The first-order valence-corrected chi connectivity index (χ1v) is 17.3. The van der Waals surface area contributed by atoms with Gasteiger partial charge in [0.15, 0.2) is 0 Å². The molecule has 0 saturated heterocycles.